The molecule has 0 radical (unpaired) electrons. The van der Waals surface area contributed by atoms with Crippen molar-refractivity contribution in [3.8, 4) is 0 Å². The predicted molar refractivity (Wildman–Crippen MR) is 63.6 cm³/mol. The number of carbonyl (C=O) groups is 1. The zero-order valence-electron chi connectivity index (χ0n) is 9.50. The van der Waals surface area contributed by atoms with Gasteiger partial charge in [-0.05, 0) is 38.0 Å². The Kier molecular flexibility index (Phi) is 4.10. The van der Waals surface area contributed by atoms with E-state index in [1.54, 1.807) is 6.08 Å². The maximum atomic E-state index is 11.2. The van der Waals surface area contributed by atoms with Crippen molar-refractivity contribution in [3.63, 3.8) is 0 Å². The summed E-state index contributed by atoms with van der Waals surface area (Å²) in [7, 11) is 0. The highest BCUT2D eigenvalue weighted by Gasteiger charge is 1.95. The van der Waals surface area contributed by atoms with Gasteiger partial charge in [0, 0.05) is 12.6 Å². The second-order valence-corrected chi connectivity index (χ2v) is 3.59. The number of likely N-dealkylation sites (N-methyl/N-ethyl adjacent to an activating group) is 1. The van der Waals surface area contributed by atoms with Crippen molar-refractivity contribution in [2.75, 3.05) is 6.54 Å². The molecule has 0 aliphatic carbocycles. The van der Waals surface area contributed by atoms with Crippen LogP contribution in [0.4, 0.5) is 0 Å². The van der Waals surface area contributed by atoms with Crippen molar-refractivity contribution in [2.45, 2.75) is 20.8 Å². The van der Waals surface area contributed by atoms with Gasteiger partial charge in [0.05, 0.1) is 0 Å². The molecule has 0 bridgehead atoms. The third-order valence-electron chi connectivity index (χ3n) is 2.19. The Bertz CT molecular complexity index is 380. The zero-order chi connectivity index (χ0) is 11.3. The van der Waals surface area contributed by atoms with E-state index in [2.05, 4.69) is 18.3 Å². The molecule has 0 aromatic heterocycles. The molecule has 1 aromatic rings. The number of aryl methyl sites for hydroxylation is 2. The number of hydrogen-bond acceptors (Lipinski definition) is 1. The molecular weight excluding hydrogens is 186 g/mol. The molecule has 0 spiro atoms. The molecule has 1 rings (SSSR count). The summed E-state index contributed by atoms with van der Waals surface area (Å²) >= 11 is 0. The molecule has 2 heteroatoms. The molecule has 0 fully saturated rings. The number of rotatable bonds is 3. The van der Waals surface area contributed by atoms with Gasteiger partial charge < -0.3 is 5.32 Å². The first kappa shape index (κ1) is 11.5. The van der Waals surface area contributed by atoms with Crippen LogP contribution in [0.25, 0.3) is 6.08 Å². The Morgan fingerprint density at radius 1 is 1.40 bits per heavy atom. The molecule has 0 unspecified atom stereocenters. The van der Waals surface area contributed by atoms with Crippen molar-refractivity contribution < 1.29 is 4.79 Å². The molecule has 0 aliphatic rings. The molecule has 0 saturated carbocycles. The van der Waals surface area contributed by atoms with Crippen LogP contribution in [-0.4, -0.2) is 12.5 Å². The van der Waals surface area contributed by atoms with Gasteiger partial charge in [0.15, 0.2) is 0 Å². The second-order valence-electron chi connectivity index (χ2n) is 3.59. The Labute approximate surface area is 91.0 Å². The van der Waals surface area contributed by atoms with Crippen LogP contribution in [0.3, 0.4) is 0 Å². The van der Waals surface area contributed by atoms with E-state index < -0.39 is 0 Å². The molecule has 1 amide bonds. The lowest BCUT2D eigenvalue weighted by Gasteiger charge is -2.01. The third kappa shape index (κ3) is 3.58. The topological polar surface area (TPSA) is 29.1 Å². The fourth-order valence-electron chi connectivity index (χ4n) is 1.41. The molecule has 1 aromatic carbocycles. The summed E-state index contributed by atoms with van der Waals surface area (Å²) in [5.74, 6) is -0.0440. The van der Waals surface area contributed by atoms with Crippen LogP contribution >= 0.6 is 0 Å². The van der Waals surface area contributed by atoms with E-state index in [1.807, 2.05) is 32.1 Å². The third-order valence-corrected chi connectivity index (χ3v) is 2.19. The first-order chi connectivity index (χ1) is 7.13. The Morgan fingerprint density at radius 2 is 2.13 bits per heavy atom. The van der Waals surface area contributed by atoms with E-state index in [0.29, 0.717) is 6.54 Å². The zero-order valence-corrected chi connectivity index (χ0v) is 9.50. The lowest BCUT2D eigenvalue weighted by atomic mass is 10.1. The SMILES string of the molecule is CCNC(=O)/C=C/c1ccc(C)cc1C. The van der Waals surface area contributed by atoms with E-state index in [1.165, 1.54) is 11.1 Å². The smallest absolute Gasteiger partial charge is 0.243 e. The minimum Gasteiger partial charge on any atom is -0.353 e. The first-order valence-corrected chi connectivity index (χ1v) is 5.16. The van der Waals surface area contributed by atoms with Gasteiger partial charge >= 0.3 is 0 Å². The predicted octanol–water partition coefficient (Wildman–Crippen LogP) is 2.45. The fraction of sp³-hybridized carbons (Fsp3) is 0.308. The van der Waals surface area contributed by atoms with Crippen molar-refractivity contribution in [1.82, 2.24) is 5.32 Å². The van der Waals surface area contributed by atoms with Crippen LogP contribution < -0.4 is 5.32 Å². The number of carbonyl (C=O) groups excluding carboxylic acids is 1. The molecule has 0 heterocycles. The molecule has 80 valence electrons. The summed E-state index contributed by atoms with van der Waals surface area (Å²) in [4.78, 5) is 11.2. The standard InChI is InChI=1S/C13H17NO/c1-4-14-13(15)8-7-12-6-5-10(2)9-11(12)3/h5-9H,4H2,1-3H3,(H,14,15)/b8-7+. The van der Waals surface area contributed by atoms with Gasteiger partial charge in [-0.25, -0.2) is 0 Å². The van der Waals surface area contributed by atoms with Crippen molar-refractivity contribution in [1.29, 1.82) is 0 Å². The highest BCUT2D eigenvalue weighted by atomic mass is 16.1. The number of amides is 1. The summed E-state index contributed by atoms with van der Waals surface area (Å²) < 4.78 is 0. The van der Waals surface area contributed by atoms with Gasteiger partial charge in [0.25, 0.3) is 0 Å². The maximum absolute atomic E-state index is 11.2. The summed E-state index contributed by atoms with van der Waals surface area (Å²) in [6.45, 7) is 6.67. The van der Waals surface area contributed by atoms with Crippen LogP contribution in [0.15, 0.2) is 24.3 Å². The van der Waals surface area contributed by atoms with E-state index in [0.717, 1.165) is 5.56 Å². The van der Waals surface area contributed by atoms with Gasteiger partial charge in [-0.1, -0.05) is 23.8 Å². The van der Waals surface area contributed by atoms with Gasteiger partial charge in [-0.3, -0.25) is 4.79 Å². The molecule has 0 aliphatic heterocycles. The van der Waals surface area contributed by atoms with Gasteiger partial charge in [-0.15, -0.1) is 0 Å². The van der Waals surface area contributed by atoms with Crippen LogP contribution in [-0.2, 0) is 4.79 Å². The number of nitrogens with one attached hydrogen (secondary N) is 1. The van der Waals surface area contributed by atoms with Gasteiger partial charge in [-0.2, -0.15) is 0 Å². The van der Waals surface area contributed by atoms with E-state index >= 15 is 0 Å². The van der Waals surface area contributed by atoms with Gasteiger partial charge in [0.1, 0.15) is 0 Å². The normalized spacial score (nSPS) is 10.6. The second kappa shape index (κ2) is 5.35. The fourth-order valence-corrected chi connectivity index (χ4v) is 1.41. The lowest BCUT2D eigenvalue weighted by molar-refractivity contribution is -0.116. The van der Waals surface area contributed by atoms with Crippen LogP contribution in [0.1, 0.15) is 23.6 Å². The van der Waals surface area contributed by atoms with E-state index in [4.69, 9.17) is 0 Å². The van der Waals surface area contributed by atoms with E-state index in [9.17, 15) is 4.79 Å². The van der Waals surface area contributed by atoms with Crippen molar-refractivity contribution in [2.24, 2.45) is 0 Å². The summed E-state index contributed by atoms with van der Waals surface area (Å²) in [6.07, 6.45) is 3.42. The quantitative estimate of drug-likeness (QED) is 0.751. The van der Waals surface area contributed by atoms with Crippen LogP contribution in [0, 0.1) is 13.8 Å². The Balaban J connectivity index is 2.76. The maximum Gasteiger partial charge on any atom is 0.243 e. The Morgan fingerprint density at radius 3 is 2.73 bits per heavy atom. The largest absolute Gasteiger partial charge is 0.353 e. The minimum absolute atomic E-state index is 0.0440. The van der Waals surface area contributed by atoms with Crippen molar-refractivity contribution in [3.05, 3.63) is 41.0 Å². The first-order valence-electron chi connectivity index (χ1n) is 5.16. The summed E-state index contributed by atoms with van der Waals surface area (Å²) in [5.41, 5.74) is 3.52. The van der Waals surface area contributed by atoms with E-state index in [-0.39, 0.29) is 5.91 Å². The van der Waals surface area contributed by atoms with Crippen LogP contribution in [0.5, 0.6) is 0 Å². The summed E-state index contributed by atoms with van der Waals surface area (Å²) in [5, 5.41) is 2.72. The molecule has 0 saturated heterocycles. The minimum atomic E-state index is -0.0440. The lowest BCUT2D eigenvalue weighted by Crippen LogP contribution is -2.19. The monoisotopic (exact) mass is 203 g/mol. The van der Waals surface area contributed by atoms with Crippen molar-refractivity contribution >= 4 is 12.0 Å². The summed E-state index contributed by atoms with van der Waals surface area (Å²) in [6, 6.07) is 6.18. The van der Waals surface area contributed by atoms with Crippen LogP contribution in [0.2, 0.25) is 0 Å². The van der Waals surface area contributed by atoms with Gasteiger partial charge in [0.2, 0.25) is 5.91 Å². The number of hydrogen-bond donors (Lipinski definition) is 1. The number of benzene rings is 1. The molecule has 1 N–H and O–H groups in total. The molecule has 2 nitrogen and oxygen atoms in total. The Hall–Kier alpha value is -1.57. The average molecular weight is 203 g/mol. The molecule has 0 atom stereocenters. The molecular formula is C13H17NO. The molecule has 15 heavy (non-hydrogen) atoms. The highest BCUT2D eigenvalue weighted by Crippen LogP contribution is 2.11. The highest BCUT2D eigenvalue weighted by molar-refractivity contribution is 5.91. The average Bonchev–Trinajstić information content (AvgIpc) is 2.17.